The van der Waals surface area contributed by atoms with Crippen molar-refractivity contribution in [2.45, 2.75) is 58.4 Å². The zero-order valence-electron chi connectivity index (χ0n) is 14.1. The van der Waals surface area contributed by atoms with E-state index < -0.39 is 48.2 Å². The fraction of sp³-hybridized carbons (Fsp3) is 0.714. The quantitative estimate of drug-likeness (QED) is 0.346. The second kappa shape index (κ2) is 9.71. The van der Waals surface area contributed by atoms with Gasteiger partial charge in [0.05, 0.1) is 6.61 Å². The van der Waals surface area contributed by atoms with E-state index >= 15 is 0 Å². The molecule has 0 aliphatic carbocycles. The van der Waals surface area contributed by atoms with Gasteiger partial charge in [-0.3, -0.25) is 9.59 Å². The van der Waals surface area contributed by atoms with Gasteiger partial charge in [-0.05, 0) is 34.1 Å². The standard InChI is InChI=1S/C14H24N2O8/c1-5-23-12(21)11(20)16-10(19)8(6-7-9(17)18)15-13(22)24-14(2,3)4/h8,11,20H,5-7H2,1-4H3,(H,15,22)(H,16,19)(H,17,18)/t8-,11?/m0/s1. The van der Waals surface area contributed by atoms with E-state index in [0.717, 1.165) is 0 Å². The van der Waals surface area contributed by atoms with E-state index in [9.17, 15) is 24.3 Å². The van der Waals surface area contributed by atoms with Gasteiger partial charge < -0.3 is 30.3 Å². The summed E-state index contributed by atoms with van der Waals surface area (Å²) in [7, 11) is 0. The summed E-state index contributed by atoms with van der Waals surface area (Å²) in [6.07, 6.45) is -3.52. The molecule has 2 amide bonds. The van der Waals surface area contributed by atoms with E-state index in [0.29, 0.717) is 0 Å². The SMILES string of the molecule is CCOC(=O)C(O)NC(=O)[C@H](CCC(=O)O)NC(=O)OC(C)(C)C. The minimum atomic E-state index is -1.93. The first-order valence-electron chi connectivity index (χ1n) is 7.32. The number of amides is 2. The third kappa shape index (κ3) is 9.62. The Kier molecular flexibility index (Phi) is 8.75. The summed E-state index contributed by atoms with van der Waals surface area (Å²) in [6.45, 7) is 6.37. The molecule has 4 N–H and O–H groups in total. The summed E-state index contributed by atoms with van der Waals surface area (Å²) in [6, 6.07) is -1.31. The van der Waals surface area contributed by atoms with Crippen molar-refractivity contribution in [2.24, 2.45) is 0 Å². The monoisotopic (exact) mass is 348 g/mol. The predicted octanol–water partition coefficient (Wildman–Crippen LogP) is -0.258. The number of ether oxygens (including phenoxy) is 2. The third-order valence-electron chi connectivity index (χ3n) is 2.44. The molecule has 0 heterocycles. The van der Waals surface area contributed by atoms with E-state index in [1.54, 1.807) is 20.8 Å². The molecule has 0 radical (unpaired) electrons. The largest absolute Gasteiger partial charge is 0.481 e. The normalized spacial score (nSPS) is 13.4. The summed E-state index contributed by atoms with van der Waals surface area (Å²) < 4.78 is 9.50. The number of alkyl carbamates (subject to hydrolysis) is 1. The summed E-state index contributed by atoms with van der Waals surface area (Å²) in [4.78, 5) is 45.7. The van der Waals surface area contributed by atoms with Crippen molar-refractivity contribution in [2.75, 3.05) is 6.61 Å². The molecule has 0 aromatic heterocycles. The number of carboxylic acid groups (broad SMARTS) is 1. The summed E-state index contributed by atoms with van der Waals surface area (Å²) in [5, 5.41) is 22.3. The first-order chi connectivity index (χ1) is 11.0. The van der Waals surface area contributed by atoms with E-state index in [4.69, 9.17) is 9.84 Å². The zero-order chi connectivity index (χ0) is 18.9. The van der Waals surface area contributed by atoms with Gasteiger partial charge in [-0.2, -0.15) is 0 Å². The Morgan fingerprint density at radius 1 is 1.12 bits per heavy atom. The van der Waals surface area contributed by atoms with E-state index in [2.05, 4.69) is 10.1 Å². The lowest BCUT2D eigenvalue weighted by molar-refractivity contribution is -0.157. The van der Waals surface area contributed by atoms with Crippen LogP contribution < -0.4 is 10.6 Å². The van der Waals surface area contributed by atoms with Crippen LogP contribution >= 0.6 is 0 Å². The van der Waals surface area contributed by atoms with Crippen LogP contribution in [0.2, 0.25) is 0 Å². The number of carbonyl (C=O) groups is 4. The number of aliphatic carboxylic acids is 1. The Morgan fingerprint density at radius 2 is 1.71 bits per heavy atom. The molecule has 0 saturated carbocycles. The highest BCUT2D eigenvalue weighted by Gasteiger charge is 2.28. The second-order valence-electron chi connectivity index (χ2n) is 5.79. The van der Waals surface area contributed by atoms with Crippen molar-refractivity contribution < 1.29 is 38.9 Å². The fourth-order valence-corrected chi connectivity index (χ4v) is 1.50. The van der Waals surface area contributed by atoms with Gasteiger partial charge in [0.1, 0.15) is 11.6 Å². The Morgan fingerprint density at radius 3 is 2.17 bits per heavy atom. The number of carboxylic acids is 1. The van der Waals surface area contributed by atoms with Crippen LogP contribution in [0.1, 0.15) is 40.5 Å². The van der Waals surface area contributed by atoms with Gasteiger partial charge in [0.15, 0.2) is 0 Å². The average Bonchev–Trinajstić information content (AvgIpc) is 2.41. The second-order valence-corrected chi connectivity index (χ2v) is 5.79. The molecule has 2 atom stereocenters. The minimum Gasteiger partial charge on any atom is -0.481 e. The summed E-state index contributed by atoms with van der Waals surface area (Å²) >= 11 is 0. The number of aliphatic hydroxyl groups is 1. The van der Waals surface area contributed by atoms with Crippen LogP contribution in [0.15, 0.2) is 0 Å². The minimum absolute atomic E-state index is 0.00433. The van der Waals surface area contributed by atoms with E-state index in [1.165, 1.54) is 6.92 Å². The molecular weight excluding hydrogens is 324 g/mol. The highest BCUT2D eigenvalue weighted by atomic mass is 16.6. The molecule has 1 unspecified atom stereocenters. The highest BCUT2D eigenvalue weighted by molar-refractivity contribution is 5.89. The molecule has 0 rings (SSSR count). The Bertz CT molecular complexity index is 472. The molecule has 10 heteroatoms. The summed E-state index contributed by atoms with van der Waals surface area (Å²) in [5.74, 6) is -3.19. The molecule has 0 aliphatic rings. The van der Waals surface area contributed by atoms with Crippen molar-refractivity contribution in [1.82, 2.24) is 10.6 Å². The molecule has 138 valence electrons. The van der Waals surface area contributed by atoms with Crippen LogP contribution in [0.4, 0.5) is 4.79 Å². The third-order valence-corrected chi connectivity index (χ3v) is 2.44. The van der Waals surface area contributed by atoms with Gasteiger partial charge in [-0.1, -0.05) is 0 Å². The summed E-state index contributed by atoms with van der Waals surface area (Å²) in [5.41, 5.74) is -0.817. The van der Waals surface area contributed by atoms with Crippen LogP contribution in [-0.4, -0.2) is 58.6 Å². The van der Waals surface area contributed by atoms with Gasteiger partial charge in [-0.15, -0.1) is 0 Å². The topological polar surface area (TPSA) is 151 Å². The molecule has 0 aliphatic heterocycles. The molecular formula is C14H24N2O8. The molecule has 0 saturated heterocycles. The van der Waals surface area contributed by atoms with Crippen molar-refractivity contribution in [3.8, 4) is 0 Å². The lowest BCUT2D eigenvalue weighted by Gasteiger charge is -2.23. The molecule has 0 aromatic carbocycles. The number of nitrogens with one attached hydrogen (secondary N) is 2. The molecule has 0 bridgehead atoms. The van der Waals surface area contributed by atoms with Gasteiger partial charge in [0.2, 0.25) is 12.1 Å². The van der Waals surface area contributed by atoms with E-state index in [1.807, 2.05) is 5.32 Å². The van der Waals surface area contributed by atoms with Crippen LogP contribution in [-0.2, 0) is 23.9 Å². The molecule has 0 aromatic rings. The first-order valence-corrected chi connectivity index (χ1v) is 7.32. The Balaban J connectivity index is 4.85. The smallest absolute Gasteiger partial charge is 0.408 e. The number of esters is 1. The van der Waals surface area contributed by atoms with Crippen molar-refractivity contribution in [1.29, 1.82) is 0 Å². The van der Waals surface area contributed by atoms with Gasteiger partial charge in [0, 0.05) is 6.42 Å². The number of rotatable bonds is 8. The van der Waals surface area contributed by atoms with Crippen molar-refractivity contribution in [3.63, 3.8) is 0 Å². The van der Waals surface area contributed by atoms with Crippen LogP contribution in [0.5, 0.6) is 0 Å². The van der Waals surface area contributed by atoms with Crippen LogP contribution in [0.3, 0.4) is 0 Å². The Hall–Kier alpha value is -2.36. The maximum atomic E-state index is 12.0. The van der Waals surface area contributed by atoms with Gasteiger partial charge >= 0.3 is 18.0 Å². The molecule has 24 heavy (non-hydrogen) atoms. The number of carbonyl (C=O) groups excluding carboxylic acids is 3. The van der Waals surface area contributed by atoms with Crippen LogP contribution in [0.25, 0.3) is 0 Å². The highest BCUT2D eigenvalue weighted by Crippen LogP contribution is 2.08. The average molecular weight is 348 g/mol. The number of aliphatic hydroxyl groups excluding tert-OH is 1. The lowest BCUT2D eigenvalue weighted by Crippen LogP contribution is -2.52. The fourth-order valence-electron chi connectivity index (χ4n) is 1.50. The van der Waals surface area contributed by atoms with E-state index in [-0.39, 0.29) is 13.0 Å². The van der Waals surface area contributed by atoms with Crippen LogP contribution in [0, 0.1) is 0 Å². The predicted molar refractivity (Wildman–Crippen MR) is 80.8 cm³/mol. The maximum Gasteiger partial charge on any atom is 0.408 e. The number of hydrogen-bond donors (Lipinski definition) is 4. The molecule has 0 fully saturated rings. The first kappa shape index (κ1) is 21.6. The lowest BCUT2D eigenvalue weighted by atomic mass is 10.1. The Labute approximate surface area is 139 Å². The maximum absolute atomic E-state index is 12.0. The number of hydrogen-bond acceptors (Lipinski definition) is 7. The molecule has 0 spiro atoms. The van der Waals surface area contributed by atoms with Crippen molar-refractivity contribution in [3.05, 3.63) is 0 Å². The zero-order valence-corrected chi connectivity index (χ0v) is 14.1. The molecule has 10 nitrogen and oxygen atoms in total. The van der Waals surface area contributed by atoms with Gasteiger partial charge in [-0.25, -0.2) is 9.59 Å². The van der Waals surface area contributed by atoms with Crippen molar-refractivity contribution >= 4 is 23.9 Å². The van der Waals surface area contributed by atoms with Gasteiger partial charge in [0.25, 0.3) is 0 Å².